The van der Waals surface area contributed by atoms with Gasteiger partial charge in [-0.3, -0.25) is 4.68 Å². The lowest BCUT2D eigenvalue weighted by Gasteiger charge is -2.16. The lowest BCUT2D eigenvalue weighted by Crippen LogP contribution is -2.39. The van der Waals surface area contributed by atoms with E-state index in [-0.39, 0.29) is 0 Å². The summed E-state index contributed by atoms with van der Waals surface area (Å²) in [6, 6.07) is 0. The molecular formula is C19H35N5O. The van der Waals surface area contributed by atoms with Crippen molar-refractivity contribution in [3.05, 3.63) is 17.0 Å². The molecule has 0 radical (unpaired) electrons. The third-order valence-electron chi connectivity index (χ3n) is 4.95. The predicted molar refractivity (Wildman–Crippen MR) is 103 cm³/mol. The lowest BCUT2D eigenvalue weighted by atomic mass is 10.1. The molecule has 1 aromatic heterocycles. The molecule has 1 fully saturated rings. The zero-order valence-corrected chi connectivity index (χ0v) is 16.4. The summed E-state index contributed by atoms with van der Waals surface area (Å²) in [4.78, 5) is 4.70. The molecule has 2 rings (SSSR count). The fourth-order valence-electron chi connectivity index (χ4n) is 3.35. The summed E-state index contributed by atoms with van der Waals surface area (Å²) in [5.41, 5.74) is 3.43. The molecular weight excluding hydrogens is 314 g/mol. The van der Waals surface area contributed by atoms with Crippen molar-refractivity contribution in [2.75, 3.05) is 19.7 Å². The summed E-state index contributed by atoms with van der Waals surface area (Å²) in [5, 5.41) is 11.1. The standard InChI is InChI=1S/C19H35N5O/c1-5-20-19(22-14-18-15(2)23-24(4)16(18)3)21-12-13-25-17-10-8-6-7-9-11-17/h17H,5-14H2,1-4H3,(H2,20,21,22). The van der Waals surface area contributed by atoms with E-state index >= 15 is 0 Å². The van der Waals surface area contributed by atoms with E-state index in [9.17, 15) is 0 Å². The van der Waals surface area contributed by atoms with Crippen molar-refractivity contribution in [2.24, 2.45) is 12.0 Å². The second-order valence-electron chi connectivity index (χ2n) is 6.88. The molecule has 1 saturated carbocycles. The number of hydrogen-bond acceptors (Lipinski definition) is 3. The van der Waals surface area contributed by atoms with Gasteiger partial charge in [0.1, 0.15) is 0 Å². The molecule has 0 aromatic carbocycles. The van der Waals surface area contributed by atoms with Crippen molar-refractivity contribution in [3.63, 3.8) is 0 Å². The maximum absolute atomic E-state index is 6.04. The molecule has 0 atom stereocenters. The molecule has 0 bridgehead atoms. The van der Waals surface area contributed by atoms with Crippen LogP contribution in [0.1, 0.15) is 62.4 Å². The van der Waals surface area contributed by atoms with Crippen molar-refractivity contribution in [1.29, 1.82) is 0 Å². The molecule has 1 heterocycles. The summed E-state index contributed by atoms with van der Waals surface area (Å²) >= 11 is 0. The maximum atomic E-state index is 6.04. The SMILES string of the molecule is CCNC(=NCc1c(C)nn(C)c1C)NCCOC1CCCCCC1. The van der Waals surface area contributed by atoms with Crippen LogP contribution >= 0.6 is 0 Å². The van der Waals surface area contributed by atoms with Crippen LogP contribution in [0.15, 0.2) is 4.99 Å². The third-order valence-corrected chi connectivity index (χ3v) is 4.95. The number of guanidine groups is 1. The normalized spacial score (nSPS) is 16.7. The molecule has 1 aliphatic carbocycles. The topological polar surface area (TPSA) is 63.5 Å². The number of aliphatic imine (C=N–C) groups is 1. The molecule has 142 valence electrons. The van der Waals surface area contributed by atoms with Gasteiger partial charge in [-0.05, 0) is 33.6 Å². The fourth-order valence-corrected chi connectivity index (χ4v) is 3.35. The van der Waals surface area contributed by atoms with Gasteiger partial charge < -0.3 is 15.4 Å². The molecule has 2 N–H and O–H groups in total. The van der Waals surface area contributed by atoms with E-state index in [2.05, 4.69) is 29.6 Å². The Labute approximate surface area is 152 Å². The van der Waals surface area contributed by atoms with Crippen LogP contribution < -0.4 is 10.6 Å². The quantitative estimate of drug-likeness (QED) is 0.344. The Balaban J connectivity index is 1.79. The Kier molecular flexibility index (Phi) is 8.25. The highest BCUT2D eigenvalue weighted by atomic mass is 16.5. The molecule has 0 aliphatic heterocycles. The fraction of sp³-hybridized carbons (Fsp3) is 0.789. The number of nitrogens with one attached hydrogen (secondary N) is 2. The lowest BCUT2D eigenvalue weighted by molar-refractivity contribution is 0.0468. The average molecular weight is 350 g/mol. The van der Waals surface area contributed by atoms with Gasteiger partial charge in [0.15, 0.2) is 5.96 Å². The first kappa shape index (κ1) is 19.8. The number of aryl methyl sites for hydroxylation is 2. The highest BCUT2D eigenvalue weighted by Crippen LogP contribution is 2.19. The molecule has 6 nitrogen and oxygen atoms in total. The molecule has 0 saturated heterocycles. The molecule has 6 heteroatoms. The highest BCUT2D eigenvalue weighted by molar-refractivity contribution is 5.79. The minimum Gasteiger partial charge on any atom is -0.376 e. The second kappa shape index (κ2) is 10.4. The first-order valence-corrected chi connectivity index (χ1v) is 9.74. The second-order valence-corrected chi connectivity index (χ2v) is 6.88. The number of aromatic nitrogens is 2. The van der Waals surface area contributed by atoms with E-state index in [0.29, 0.717) is 12.6 Å². The molecule has 0 spiro atoms. The first-order chi connectivity index (χ1) is 12.1. The van der Waals surface area contributed by atoms with Crippen LogP contribution in [0.25, 0.3) is 0 Å². The van der Waals surface area contributed by atoms with Gasteiger partial charge >= 0.3 is 0 Å². The predicted octanol–water partition coefficient (Wildman–Crippen LogP) is 2.83. The van der Waals surface area contributed by atoms with Gasteiger partial charge in [-0.25, -0.2) is 4.99 Å². The van der Waals surface area contributed by atoms with Crippen LogP contribution in [-0.4, -0.2) is 41.5 Å². The average Bonchev–Trinajstić information content (AvgIpc) is 2.78. The van der Waals surface area contributed by atoms with Crippen LogP contribution in [-0.2, 0) is 18.3 Å². The molecule has 1 aliphatic rings. The largest absolute Gasteiger partial charge is 0.376 e. The maximum Gasteiger partial charge on any atom is 0.191 e. The minimum absolute atomic E-state index is 0.449. The molecule has 0 unspecified atom stereocenters. The van der Waals surface area contributed by atoms with Gasteiger partial charge in [0.05, 0.1) is 24.9 Å². The minimum atomic E-state index is 0.449. The van der Waals surface area contributed by atoms with Gasteiger partial charge in [-0.1, -0.05) is 25.7 Å². The van der Waals surface area contributed by atoms with Crippen LogP contribution in [0.2, 0.25) is 0 Å². The van der Waals surface area contributed by atoms with E-state index in [1.165, 1.54) is 49.8 Å². The summed E-state index contributed by atoms with van der Waals surface area (Å²) in [6.07, 6.45) is 8.23. The monoisotopic (exact) mass is 349 g/mol. The van der Waals surface area contributed by atoms with Gasteiger partial charge in [-0.15, -0.1) is 0 Å². The summed E-state index contributed by atoms with van der Waals surface area (Å²) in [6.45, 7) is 9.22. The van der Waals surface area contributed by atoms with Crippen LogP contribution in [0, 0.1) is 13.8 Å². The van der Waals surface area contributed by atoms with Crippen molar-refractivity contribution in [3.8, 4) is 0 Å². The van der Waals surface area contributed by atoms with E-state index in [0.717, 1.165) is 31.3 Å². The van der Waals surface area contributed by atoms with Gasteiger partial charge in [-0.2, -0.15) is 5.10 Å². The molecule has 25 heavy (non-hydrogen) atoms. The Morgan fingerprint density at radius 1 is 1.20 bits per heavy atom. The van der Waals surface area contributed by atoms with Crippen molar-refractivity contribution in [1.82, 2.24) is 20.4 Å². The van der Waals surface area contributed by atoms with Crippen LogP contribution in [0.4, 0.5) is 0 Å². The number of nitrogens with zero attached hydrogens (tertiary/aromatic N) is 3. The zero-order chi connectivity index (χ0) is 18.1. The Morgan fingerprint density at radius 3 is 2.52 bits per heavy atom. The Morgan fingerprint density at radius 2 is 1.92 bits per heavy atom. The summed E-state index contributed by atoms with van der Waals surface area (Å²) in [5.74, 6) is 0.842. The van der Waals surface area contributed by atoms with Gasteiger partial charge in [0.25, 0.3) is 0 Å². The first-order valence-electron chi connectivity index (χ1n) is 9.74. The highest BCUT2D eigenvalue weighted by Gasteiger charge is 2.12. The van der Waals surface area contributed by atoms with Gasteiger partial charge in [0.2, 0.25) is 0 Å². The van der Waals surface area contributed by atoms with Crippen molar-refractivity contribution < 1.29 is 4.74 Å². The Bertz CT molecular complexity index is 544. The van der Waals surface area contributed by atoms with Crippen LogP contribution in [0.5, 0.6) is 0 Å². The van der Waals surface area contributed by atoms with E-state index in [1.807, 2.05) is 18.7 Å². The van der Waals surface area contributed by atoms with Crippen molar-refractivity contribution >= 4 is 5.96 Å². The Hall–Kier alpha value is -1.56. The summed E-state index contributed by atoms with van der Waals surface area (Å²) < 4.78 is 7.95. The number of hydrogen-bond donors (Lipinski definition) is 2. The van der Waals surface area contributed by atoms with E-state index in [1.54, 1.807) is 0 Å². The number of ether oxygens (including phenoxy) is 1. The van der Waals surface area contributed by atoms with E-state index in [4.69, 9.17) is 9.73 Å². The number of rotatable bonds is 7. The third kappa shape index (κ3) is 6.34. The van der Waals surface area contributed by atoms with Crippen LogP contribution in [0.3, 0.4) is 0 Å². The van der Waals surface area contributed by atoms with Gasteiger partial charge in [0, 0.05) is 31.4 Å². The molecule has 1 aromatic rings. The zero-order valence-electron chi connectivity index (χ0n) is 16.4. The van der Waals surface area contributed by atoms with Crippen molar-refractivity contribution in [2.45, 2.75) is 71.9 Å². The summed E-state index contributed by atoms with van der Waals surface area (Å²) in [7, 11) is 1.98. The molecule has 0 amide bonds. The van der Waals surface area contributed by atoms with E-state index < -0.39 is 0 Å². The smallest absolute Gasteiger partial charge is 0.191 e.